The lowest BCUT2D eigenvalue weighted by atomic mass is 10.1. The molecule has 0 unspecified atom stereocenters. The van der Waals surface area contributed by atoms with Crippen LogP contribution >= 0.6 is 11.6 Å². The first kappa shape index (κ1) is 27.5. The number of esters is 1. The van der Waals surface area contributed by atoms with E-state index in [0.717, 1.165) is 29.3 Å². The molecule has 0 atom stereocenters. The Kier molecular flexibility index (Phi) is 7.80. The zero-order valence-electron chi connectivity index (χ0n) is 20.7. The Balaban J connectivity index is 1.75. The first-order valence-electron chi connectivity index (χ1n) is 11.5. The van der Waals surface area contributed by atoms with Crippen LogP contribution in [0.5, 0.6) is 5.75 Å². The molecule has 0 bridgehead atoms. The van der Waals surface area contributed by atoms with Crippen LogP contribution in [0.4, 0.5) is 11.4 Å². The molecule has 0 aliphatic rings. The second-order valence-corrected chi connectivity index (χ2v) is 10.7. The van der Waals surface area contributed by atoms with Gasteiger partial charge in [-0.05, 0) is 68.4 Å². The van der Waals surface area contributed by atoms with E-state index < -0.39 is 37.4 Å². The fourth-order valence-corrected chi connectivity index (χ4v) is 5.50. The van der Waals surface area contributed by atoms with Crippen molar-refractivity contribution in [3.8, 4) is 5.75 Å². The minimum Gasteiger partial charge on any atom is -0.423 e. The fraction of sp³-hybridized carbons (Fsp3) is 0.0714. The third-order valence-electron chi connectivity index (χ3n) is 5.70. The number of nitro groups is 1. The van der Waals surface area contributed by atoms with E-state index in [-0.39, 0.29) is 22.0 Å². The Hall–Kier alpha value is -4.54. The van der Waals surface area contributed by atoms with Gasteiger partial charge in [0.2, 0.25) is 0 Å². The van der Waals surface area contributed by atoms with Gasteiger partial charge in [0.25, 0.3) is 21.6 Å². The number of non-ortho nitro benzene ring substituents is 1. The summed E-state index contributed by atoms with van der Waals surface area (Å²) in [5.41, 5.74) is 1.59. The highest BCUT2D eigenvalue weighted by Gasteiger charge is 2.34. The molecule has 0 spiro atoms. The van der Waals surface area contributed by atoms with Crippen molar-refractivity contribution < 1.29 is 27.7 Å². The number of benzene rings is 4. The molecule has 0 aromatic heterocycles. The number of anilines is 1. The summed E-state index contributed by atoms with van der Waals surface area (Å²) in [5.74, 6) is -1.42. The largest absolute Gasteiger partial charge is 0.423 e. The van der Waals surface area contributed by atoms with Gasteiger partial charge in [-0.1, -0.05) is 47.0 Å². The highest BCUT2D eigenvalue weighted by atomic mass is 35.5. The van der Waals surface area contributed by atoms with Crippen LogP contribution in [0.3, 0.4) is 0 Å². The quantitative estimate of drug-likeness (QED) is 0.115. The Bertz CT molecular complexity index is 1670. The van der Waals surface area contributed by atoms with Crippen LogP contribution in [0, 0.1) is 24.0 Å². The summed E-state index contributed by atoms with van der Waals surface area (Å²) in [7, 11) is -4.74. The Morgan fingerprint density at radius 1 is 0.821 bits per heavy atom. The number of hydrogen-bond acceptors (Lipinski definition) is 7. The lowest BCUT2D eigenvalue weighted by molar-refractivity contribution is -0.385. The molecule has 4 rings (SSSR count). The summed E-state index contributed by atoms with van der Waals surface area (Å²) in [6.45, 7) is 3.69. The molecule has 0 aliphatic carbocycles. The fourth-order valence-electron chi connectivity index (χ4n) is 3.59. The van der Waals surface area contributed by atoms with E-state index in [1.807, 2.05) is 13.8 Å². The monoisotopic (exact) mass is 564 g/mol. The van der Waals surface area contributed by atoms with Gasteiger partial charge in [-0.2, -0.15) is 4.31 Å². The van der Waals surface area contributed by atoms with Crippen molar-refractivity contribution in [2.75, 3.05) is 4.31 Å². The third-order valence-corrected chi connectivity index (χ3v) is 7.89. The predicted octanol–water partition coefficient (Wildman–Crippen LogP) is 6.12. The van der Waals surface area contributed by atoms with Crippen LogP contribution in [0.15, 0.2) is 95.9 Å². The van der Waals surface area contributed by atoms with Gasteiger partial charge in [0, 0.05) is 17.7 Å². The number of carbonyl (C=O) groups is 2. The van der Waals surface area contributed by atoms with Crippen LogP contribution in [0.25, 0.3) is 0 Å². The maximum absolute atomic E-state index is 13.8. The number of carbonyl (C=O) groups excluding carboxylic acids is 2. The topological polar surface area (TPSA) is 124 Å². The first-order chi connectivity index (χ1) is 18.5. The summed E-state index contributed by atoms with van der Waals surface area (Å²) >= 11 is 6.14. The highest BCUT2D eigenvalue weighted by Crippen LogP contribution is 2.33. The molecule has 39 heavy (non-hydrogen) atoms. The molecule has 0 saturated carbocycles. The second-order valence-electron chi connectivity index (χ2n) is 8.56. The van der Waals surface area contributed by atoms with E-state index in [2.05, 4.69) is 0 Å². The Morgan fingerprint density at radius 2 is 1.36 bits per heavy atom. The SMILES string of the molecule is Cc1ccc(C(=O)Oc2ccc(N(C(=O)c3ccc(C)cc3)S(=O)(=O)c3cc([N+](=O)[O-])ccc3Cl)cc2)cc1. The van der Waals surface area contributed by atoms with Crippen LogP contribution in [0.1, 0.15) is 31.8 Å². The number of nitro benzene ring substituents is 1. The van der Waals surface area contributed by atoms with Gasteiger partial charge in [0.15, 0.2) is 0 Å². The molecular formula is C28H21ClN2O7S. The number of amides is 1. The summed E-state index contributed by atoms with van der Waals surface area (Å²) in [5, 5.41) is 11.0. The van der Waals surface area contributed by atoms with Gasteiger partial charge in [-0.25, -0.2) is 13.2 Å². The zero-order valence-corrected chi connectivity index (χ0v) is 22.3. The summed E-state index contributed by atoms with van der Waals surface area (Å²) in [4.78, 5) is 36.0. The number of ether oxygens (including phenoxy) is 1. The lowest BCUT2D eigenvalue weighted by Gasteiger charge is -2.23. The molecule has 198 valence electrons. The van der Waals surface area contributed by atoms with Gasteiger partial charge in [-0.3, -0.25) is 14.9 Å². The molecule has 0 fully saturated rings. The van der Waals surface area contributed by atoms with Gasteiger partial charge >= 0.3 is 5.97 Å². The molecule has 0 saturated heterocycles. The average Bonchev–Trinajstić information content (AvgIpc) is 2.90. The maximum atomic E-state index is 13.8. The number of rotatable bonds is 7. The van der Waals surface area contributed by atoms with Crippen molar-refractivity contribution in [3.05, 3.63) is 128 Å². The molecule has 0 radical (unpaired) electrons. The molecule has 0 N–H and O–H groups in total. The van der Waals surface area contributed by atoms with Crippen LogP contribution in [0.2, 0.25) is 5.02 Å². The average molecular weight is 565 g/mol. The molecule has 1 amide bonds. The molecule has 4 aromatic carbocycles. The first-order valence-corrected chi connectivity index (χ1v) is 13.3. The Labute approximate surface area is 229 Å². The maximum Gasteiger partial charge on any atom is 0.343 e. The van der Waals surface area contributed by atoms with E-state index in [1.165, 1.54) is 36.4 Å². The molecule has 0 heterocycles. The number of halogens is 1. The van der Waals surface area contributed by atoms with Crippen molar-refractivity contribution in [2.24, 2.45) is 0 Å². The van der Waals surface area contributed by atoms with Gasteiger partial charge in [-0.15, -0.1) is 0 Å². The summed E-state index contributed by atoms with van der Waals surface area (Å²) in [6, 6.07) is 21.1. The summed E-state index contributed by atoms with van der Waals surface area (Å²) in [6.07, 6.45) is 0. The van der Waals surface area contributed by atoms with Crippen molar-refractivity contribution in [1.82, 2.24) is 0 Å². The van der Waals surface area contributed by atoms with Crippen LogP contribution < -0.4 is 9.04 Å². The lowest BCUT2D eigenvalue weighted by Crippen LogP contribution is -2.37. The zero-order chi connectivity index (χ0) is 28.3. The number of aryl methyl sites for hydroxylation is 2. The summed E-state index contributed by atoms with van der Waals surface area (Å²) < 4.78 is 33.5. The standard InChI is InChI=1S/C28H21ClN2O7S/c1-18-3-7-20(8-4-18)27(32)30(39(36,37)26-17-23(31(34)35)13-16-25(26)29)22-11-14-24(15-12-22)38-28(33)21-9-5-19(2)6-10-21/h3-17H,1-2H3. The van der Waals surface area contributed by atoms with Gasteiger partial charge in [0.05, 0.1) is 21.2 Å². The molecular weight excluding hydrogens is 544 g/mol. The van der Waals surface area contributed by atoms with Gasteiger partial charge < -0.3 is 4.74 Å². The Morgan fingerprint density at radius 3 is 1.90 bits per heavy atom. The normalized spacial score (nSPS) is 11.1. The highest BCUT2D eigenvalue weighted by molar-refractivity contribution is 7.93. The number of nitrogens with zero attached hydrogens (tertiary/aromatic N) is 2. The third kappa shape index (κ3) is 5.97. The van der Waals surface area contributed by atoms with Crippen molar-refractivity contribution in [3.63, 3.8) is 0 Å². The van der Waals surface area contributed by atoms with E-state index in [4.69, 9.17) is 16.3 Å². The van der Waals surface area contributed by atoms with Crippen LogP contribution in [-0.2, 0) is 10.0 Å². The predicted molar refractivity (Wildman–Crippen MR) is 146 cm³/mol. The number of sulfonamides is 1. The number of hydrogen-bond donors (Lipinski definition) is 0. The molecule has 9 nitrogen and oxygen atoms in total. The van der Waals surface area contributed by atoms with E-state index in [9.17, 15) is 28.1 Å². The van der Waals surface area contributed by atoms with Crippen molar-refractivity contribution in [2.45, 2.75) is 18.7 Å². The van der Waals surface area contributed by atoms with Crippen molar-refractivity contribution in [1.29, 1.82) is 0 Å². The van der Waals surface area contributed by atoms with E-state index in [1.54, 1.807) is 36.4 Å². The van der Waals surface area contributed by atoms with E-state index >= 15 is 0 Å². The van der Waals surface area contributed by atoms with Crippen molar-refractivity contribution >= 4 is 44.9 Å². The molecule has 11 heteroatoms. The minimum atomic E-state index is -4.74. The van der Waals surface area contributed by atoms with E-state index in [0.29, 0.717) is 9.87 Å². The smallest absolute Gasteiger partial charge is 0.343 e. The second kappa shape index (κ2) is 11.1. The van der Waals surface area contributed by atoms with Crippen LogP contribution in [-0.4, -0.2) is 25.2 Å². The molecule has 0 aliphatic heterocycles. The minimum absolute atomic E-state index is 0.0561. The molecule has 4 aromatic rings. The van der Waals surface area contributed by atoms with Gasteiger partial charge in [0.1, 0.15) is 10.6 Å².